The van der Waals surface area contributed by atoms with Gasteiger partial charge in [-0.3, -0.25) is 4.79 Å². The van der Waals surface area contributed by atoms with Gasteiger partial charge in [-0.15, -0.1) is 0 Å². The number of nitrogens with zero attached hydrogens (tertiary/aromatic N) is 2. The van der Waals surface area contributed by atoms with Crippen LogP contribution in [0.15, 0.2) is 17.3 Å². The summed E-state index contributed by atoms with van der Waals surface area (Å²) in [5.41, 5.74) is 7.95. The summed E-state index contributed by atoms with van der Waals surface area (Å²) in [6, 6.07) is -0.762. The molecule has 0 aromatic heterocycles. The molecule has 6 atom stereocenters. The van der Waals surface area contributed by atoms with Crippen LogP contribution in [0.5, 0.6) is 0 Å². The van der Waals surface area contributed by atoms with E-state index in [9.17, 15) is 14.7 Å². The summed E-state index contributed by atoms with van der Waals surface area (Å²) < 4.78 is 23.1. The molecule has 4 N–H and O–H groups in total. The fourth-order valence-electron chi connectivity index (χ4n) is 3.29. The van der Waals surface area contributed by atoms with Crippen molar-refractivity contribution in [3.8, 4) is 0 Å². The zero-order valence-electron chi connectivity index (χ0n) is 18.2. The van der Waals surface area contributed by atoms with Crippen molar-refractivity contribution >= 4 is 17.8 Å². The standard InChI is InChI=1S/C19H30N4O8/c1-9(2)16(24)31-22-12-6-7-23(18(26)21-12)15-14-13(29-19(4,5)30-14)11(28-15)8-27-17(25)10(3)20/h6-7,9-11,13-15,18,26H,8,20H2,1-5H3,(H,21,22)/t10-,11+,13+,14+,15+,18?/m0/s1. The lowest BCUT2D eigenvalue weighted by Crippen LogP contribution is -2.48. The van der Waals surface area contributed by atoms with Gasteiger partial charge in [0, 0.05) is 6.20 Å². The molecule has 12 nitrogen and oxygen atoms in total. The topological polar surface area (TPSA) is 154 Å². The number of hydrogen-bond acceptors (Lipinski definition) is 12. The van der Waals surface area contributed by atoms with Crippen molar-refractivity contribution in [2.75, 3.05) is 6.61 Å². The molecule has 2 saturated heterocycles. The Hall–Kier alpha value is -2.25. The van der Waals surface area contributed by atoms with Crippen molar-refractivity contribution in [3.05, 3.63) is 12.3 Å². The van der Waals surface area contributed by atoms with Gasteiger partial charge in [-0.1, -0.05) is 13.8 Å². The van der Waals surface area contributed by atoms with Crippen LogP contribution in [0.2, 0.25) is 0 Å². The number of aliphatic imine (C=N–C) groups is 1. The fourth-order valence-corrected chi connectivity index (χ4v) is 3.29. The summed E-state index contributed by atoms with van der Waals surface area (Å²) in [5.74, 6) is -2.05. The number of aliphatic hydroxyl groups is 1. The molecule has 0 saturated carbocycles. The first-order valence-corrected chi connectivity index (χ1v) is 10.1. The second kappa shape index (κ2) is 9.09. The Kier molecular flexibility index (Phi) is 6.86. The molecule has 3 rings (SSSR count). The normalized spacial score (nSPS) is 32.5. The Bertz CT molecular complexity index is 753. The molecule has 174 valence electrons. The number of fused-ring (bicyclic) bond motifs is 1. The van der Waals surface area contributed by atoms with Gasteiger partial charge in [-0.25, -0.2) is 15.3 Å². The van der Waals surface area contributed by atoms with Gasteiger partial charge in [0.1, 0.15) is 31.0 Å². The Morgan fingerprint density at radius 1 is 1.29 bits per heavy atom. The zero-order chi connectivity index (χ0) is 22.9. The zero-order valence-corrected chi connectivity index (χ0v) is 18.2. The first kappa shape index (κ1) is 23.4. The maximum atomic E-state index is 11.7. The molecule has 0 aromatic rings. The summed E-state index contributed by atoms with van der Waals surface area (Å²) >= 11 is 0. The summed E-state index contributed by atoms with van der Waals surface area (Å²) in [7, 11) is 0. The summed E-state index contributed by atoms with van der Waals surface area (Å²) in [4.78, 5) is 33.7. The van der Waals surface area contributed by atoms with Crippen LogP contribution in [0.25, 0.3) is 0 Å². The van der Waals surface area contributed by atoms with Crippen molar-refractivity contribution in [2.24, 2.45) is 16.6 Å². The predicted octanol–water partition coefficient (Wildman–Crippen LogP) is -0.671. The SMILES string of the molecule is CC(C)C(=O)ONC1=NC(O)N([C@@H]2O[C@H](COC(=O)[C@H](C)N)[C@H]3OC(C)(C)O[C@H]32)C=C1. The Morgan fingerprint density at radius 3 is 2.58 bits per heavy atom. The number of rotatable bonds is 5. The van der Waals surface area contributed by atoms with E-state index in [1.807, 2.05) is 0 Å². The molecule has 0 spiro atoms. The van der Waals surface area contributed by atoms with Gasteiger partial charge in [0.15, 0.2) is 17.9 Å². The lowest BCUT2D eigenvalue weighted by atomic mass is 10.1. The van der Waals surface area contributed by atoms with Gasteiger partial charge in [-0.2, -0.15) is 0 Å². The number of carbonyl (C=O) groups is 2. The Morgan fingerprint density at radius 2 is 1.97 bits per heavy atom. The van der Waals surface area contributed by atoms with E-state index in [1.165, 1.54) is 24.1 Å². The Balaban J connectivity index is 1.67. The molecule has 0 amide bonds. The summed E-state index contributed by atoms with van der Waals surface area (Å²) in [6.45, 7) is 8.36. The minimum Gasteiger partial charge on any atom is -0.462 e. The first-order valence-electron chi connectivity index (χ1n) is 10.1. The highest BCUT2D eigenvalue weighted by Crippen LogP contribution is 2.40. The van der Waals surface area contributed by atoms with E-state index in [0.717, 1.165) is 0 Å². The van der Waals surface area contributed by atoms with Crippen LogP contribution < -0.4 is 11.2 Å². The molecule has 2 fully saturated rings. The van der Waals surface area contributed by atoms with E-state index in [2.05, 4.69) is 10.5 Å². The third kappa shape index (κ3) is 5.33. The smallest absolute Gasteiger partial charge is 0.334 e. The number of aliphatic hydroxyl groups excluding tert-OH is 1. The molecule has 0 radical (unpaired) electrons. The number of carbonyl (C=O) groups excluding carboxylic acids is 2. The van der Waals surface area contributed by atoms with Crippen molar-refractivity contribution in [3.63, 3.8) is 0 Å². The number of hydrogen-bond donors (Lipinski definition) is 3. The molecule has 0 aliphatic carbocycles. The van der Waals surface area contributed by atoms with Crippen molar-refractivity contribution in [2.45, 2.75) is 77.3 Å². The molecule has 3 aliphatic rings. The monoisotopic (exact) mass is 442 g/mol. The van der Waals surface area contributed by atoms with Gasteiger partial charge >= 0.3 is 11.9 Å². The minimum absolute atomic E-state index is 0.0770. The molecule has 1 unspecified atom stereocenters. The third-order valence-electron chi connectivity index (χ3n) is 4.83. The van der Waals surface area contributed by atoms with Crippen molar-refractivity contribution in [1.29, 1.82) is 0 Å². The lowest BCUT2D eigenvalue weighted by molar-refractivity contribution is -0.217. The average Bonchev–Trinajstić information content (AvgIpc) is 3.17. The van der Waals surface area contributed by atoms with Crippen LogP contribution in [0.1, 0.15) is 34.6 Å². The van der Waals surface area contributed by atoms with E-state index in [0.29, 0.717) is 0 Å². The van der Waals surface area contributed by atoms with Gasteiger partial charge in [0.25, 0.3) is 0 Å². The van der Waals surface area contributed by atoms with Crippen LogP contribution in [0, 0.1) is 5.92 Å². The van der Waals surface area contributed by atoms with Gasteiger partial charge < -0.3 is 39.5 Å². The number of ether oxygens (including phenoxy) is 4. The van der Waals surface area contributed by atoms with Crippen LogP contribution in [0.3, 0.4) is 0 Å². The maximum absolute atomic E-state index is 11.7. The van der Waals surface area contributed by atoms with E-state index in [1.54, 1.807) is 27.7 Å². The van der Waals surface area contributed by atoms with E-state index in [-0.39, 0.29) is 18.4 Å². The van der Waals surface area contributed by atoms with Gasteiger partial charge in [0.05, 0.1) is 5.92 Å². The predicted molar refractivity (Wildman–Crippen MR) is 106 cm³/mol. The van der Waals surface area contributed by atoms with Gasteiger partial charge in [0.2, 0.25) is 6.35 Å². The second-order valence-corrected chi connectivity index (χ2v) is 8.35. The van der Waals surface area contributed by atoms with Crippen LogP contribution in [0.4, 0.5) is 0 Å². The third-order valence-corrected chi connectivity index (χ3v) is 4.83. The lowest BCUT2D eigenvalue weighted by Gasteiger charge is -2.34. The van der Waals surface area contributed by atoms with E-state index >= 15 is 0 Å². The number of nitrogens with one attached hydrogen (secondary N) is 1. The molecular weight excluding hydrogens is 412 g/mol. The summed E-state index contributed by atoms with van der Waals surface area (Å²) in [5, 5.41) is 10.5. The number of amidine groups is 1. The van der Waals surface area contributed by atoms with Crippen LogP contribution in [-0.2, 0) is 33.4 Å². The highest BCUT2D eigenvalue weighted by molar-refractivity contribution is 5.93. The van der Waals surface area contributed by atoms with E-state index < -0.39 is 54.7 Å². The molecule has 12 heteroatoms. The second-order valence-electron chi connectivity index (χ2n) is 8.35. The maximum Gasteiger partial charge on any atom is 0.334 e. The largest absolute Gasteiger partial charge is 0.462 e. The quantitative estimate of drug-likeness (QED) is 0.367. The highest BCUT2D eigenvalue weighted by Gasteiger charge is 2.57. The molecule has 0 aromatic carbocycles. The molecule has 3 heterocycles. The fraction of sp³-hybridized carbons (Fsp3) is 0.737. The number of nitrogens with two attached hydrogens (primary N) is 1. The molecule has 0 bridgehead atoms. The number of esters is 1. The first-order chi connectivity index (χ1) is 14.5. The molecule has 3 aliphatic heterocycles. The Labute approximate surface area is 180 Å². The number of hydroxylamine groups is 1. The van der Waals surface area contributed by atoms with Crippen molar-refractivity contribution in [1.82, 2.24) is 10.4 Å². The highest BCUT2D eigenvalue weighted by atomic mass is 16.8. The van der Waals surface area contributed by atoms with Crippen LogP contribution in [-0.4, -0.2) is 77.1 Å². The molecular formula is C19H30N4O8. The minimum atomic E-state index is -1.34. The average molecular weight is 442 g/mol. The van der Waals surface area contributed by atoms with Gasteiger partial charge in [-0.05, 0) is 26.8 Å². The molecule has 31 heavy (non-hydrogen) atoms. The summed E-state index contributed by atoms with van der Waals surface area (Å²) in [6.07, 6.45) is -0.780. The van der Waals surface area contributed by atoms with E-state index in [4.69, 9.17) is 29.5 Å². The van der Waals surface area contributed by atoms with Crippen molar-refractivity contribution < 1.29 is 38.5 Å². The van der Waals surface area contributed by atoms with Crippen LogP contribution >= 0.6 is 0 Å².